The van der Waals surface area contributed by atoms with Gasteiger partial charge in [-0.2, -0.15) is 0 Å². The molecular weight excluding hydrogens is 380 g/mol. The molecule has 1 atom stereocenters. The molecule has 9 heteroatoms. The Kier molecular flexibility index (Phi) is 8.32. The molecule has 2 N–H and O–H groups in total. The van der Waals surface area contributed by atoms with Crippen molar-refractivity contribution in [1.82, 2.24) is 10.6 Å². The summed E-state index contributed by atoms with van der Waals surface area (Å²) in [5.41, 5.74) is 0.436. The minimum atomic E-state index is -0.572. The Bertz CT molecular complexity index is 759. The second-order valence-corrected chi connectivity index (χ2v) is 6.10. The summed E-state index contributed by atoms with van der Waals surface area (Å²) in [5.74, 6) is 0.251. The molecule has 0 spiro atoms. The highest BCUT2D eigenvalue weighted by Gasteiger charge is 2.30. The highest BCUT2D eigenvalue weighted by atomic mass is 16.5. The third-order valence-corrected chi connectivity index (χ3v) is 3.95. The van der Waals surface area contributed by atoms with E-state index in [1.807, 2.05) is 6.92 Å². The molecule has 1 heterocycles. The van der Waals surface area contributed by atoms with Gasteiger partial charge in [-0.3, -0.25) is 4.79 Å². The van der Waals surface area contributed by atoms with Crippen LogP contribution in [-0.4, -0.2) is 50.4 Å². The van der Waals surface area contributed by atoms with Gasteiger partial charge in [0.05, 0.1) is 43.6 Å². The molecule has 1 aliphatic rings. The van der Waals surface area contributed by atoms with Crippen LogP contribution in [-0.2, 0) is 19.1 Å². The summed E-state index contributed by atoms with van der Waals surface area (Å²) in [6.45, 7) is 5.89. The number of benzene rings is 1. The molecule has 0 unspecified atom stereocenters. The van der Waals surface area contributed by atoms with E-state index >= 15 is 0 Å². The predicted octanol–water partition coefficient (Wildman–Crippen LogP) is 1.92. The summed E-state index contributed by atoms with van der Waals surface area (Å²) in [6.07, 6.45) is 0.0109. The predicted molar refractivity (Wildman–Crippen MR) is 103 cm³/mol. The number of esters is 2. The Morgan fingerprint density at radius 1 is 1.00 bits per heavy atom. The molecule has 1 aromatic rings. The largest absolute Gasteiger partial charge is 0.494 e. The summed E-state index contributed by atoms with van der Waals surface area (Å²) >= 11 is 0. The van der Waals surface area contributed by atoms with Gasteiger partial charge < -0.3 is 29.6 Å². The van der Waals surface area contributed by atoms with Crippen molar-refractivity contribution < 1.29 is 33.3 Å². The van der Waals surface area contributed by atoms with Crippen LogP contribution in [0.3, 0.4) is 0 Å². The van der Waals surface area contributed by atoms with Crippen LogP contribution in [0, 0.1) is 0 Å². The van der Waals surface area contributed by atoms with Gasteiger partial charge in [-0.05, 0) is 45.0 Å². The van der Waals surface area contributed by atoms with Gasteiger partial charge in [-0.15, -0.1) is 0 Å². The number of ether oxygens (including phenoxy) is 4. The molecule has 29 heavy (non-hydrogen) atoms. The SMILES string of the molecule is CCOC(=O)C1=C(COC(=O)CCOc2ccc(OCC)cc2)NC(=O)N[C@H]1C. The van der Waals surface area contributed by atoms with E-state index in [1.54, 1.807) is 38.1 Å². The Labute approximate surface area is 169 Å². The van der Waals surface area contributed by atoms with Crippen LogP contribution in [0.15, 0.2) is 35.5 Å². The smallest absolute Gasteiger partial charge is 0.338 e. The summed E-state index contributed by atoms with van der Waals surface area (Å²) in [5, 5.41) is 5.07. The molecule has 158 valence electrons. The molecule has 2 amide bonds. The first kappa shape index (κ1) is 22.1. The maximum absolute atomic E-state index is 12.1. The molecule has 2 rings (SSSR count). The van der Waals surface area contributed by atoms with Crippen LogP contribution < -0.4 is 20.1 Å². The highest BCUT2D eigenvalue weighted by Crippen LogP contribution is 2.18. The van der Waals surface area contributed by atoms with Crippen molar-refractivity contribution in [2.24, 2.45) is 0 Å². The maximum Gasteiger partial charge on any atom is 0.338 e. The molecule has 0 aromatic heterocycles. The van der Waals surface area contributed by atoms with Gasteiger partial charge in [0.15, 0.2) is 0 Å². The van der Waals surface area contributed by atoms with Crippen molar-refractivity contribution in [3.8, 4) is 11.5 Å². The number of carbonyl (C=O) groups excluding carboxylic acids is 3. The summed E-state index contributed by atoms with van der Waals surface area (Å²) in [6, 6.07) is 6.02. The molecule has 0 aliphatic carbocycles. The molecule has 1 aromatic carbocycles. The van der Waals surface area contributed by atoms with Crippen molar-refractivity contribution in [1.29, 1.82) is 0 Å². The molecular formula is C20H26N2O7. The van der Waals surface area contributed by atoms with Gasteiger partial charge in [0.2, 0.25) is 0 Å². The quantitative estimate of drug-likeness (QED) is 0.571. The van der Waals surface area contributed by atoms with Gasteiger partial charge in [0, 0.05) is 0 Å². The third-order valence-electron chi connectivity index (χ3n) is 3.95. The average molecular weight is 406 g/mol. The molecule has 0 saturated carbocycles. The zero-order valence-corrected chi connectivity index (χ0v) is 16.8. The molecule has 1 aliphatic heterocycles. The third kappa shape index (κ3) is 6.70. The van der Waals surface area contributed by atoms with E-state index in [1.165, 1.54) is 0 Å². The van der Waals surface area contributed by atoms with E-state index in [2.05, 4.69) is 10.6 Å². The Morgan fingerprint density at radius 3 is 2.28 bits per heavy atom. The first-order valence-corrected chi connectivity index (χ1v) is 9.43. The number of rotatable bonds is 10. The second-order valence-electron chi connectivity index (χ2n) is 6.10. The lowest BCUT2D eigenvalue weighted by molar-refractivity contribution is -0.144. The molecule has 0 radical (unpaired) electrons. The van der Waals surface area contributed by atoms with Gasteiger partial charge in [0.25, 0.3) is 0 Å². The van der Waals surface area contributed by atoms with Crippen molar-refractivity contribution in [2.45, 2.75) is 33.2 Å². The lowest BCUT2D eigenvalue weighted by Gasteiger charge is -2.26. The Hall–Kier alpha value is -3.23. The van der Waals surface area contributed by atoms with Crippen LogP contribution >= 0.6 is 0 Å². The Morgan fingerprint density at radius 2 is 1.66 bits per heavy atom. The van der Waals surface area contributed by atoms with E-state index < -0.39 is 24.0 Å². The molecule has 9 nitrogen and oxygen atoms in total. The van der Waals surface area contributed by atoms with Crippen LogP contribution in [0.2, 0.25) is 0 Å². The summed E-state index contributed by atoms with van der Waals surface area (Å²) in [4.78, 5) is 35.8. The van der Waals surface area contributed by atoms with Gasteiger partial charge in [-0.25, -0.2) is 9.59 Å². The van der Waals surface area contributed by atoms with Crippen LogP contribution in [0.25, 0.3) is 0 Å². The first-order valence-electron chi connectivity index (χ1n) is 9.43. The van der Waals surface area contributed by atoms with Crippen molar-refractivity contribution in [3.63, 3.8) is 0 Å². The van der Waals surface area contributed by atoms with Crippen molar-refractivity contribution >= 4 is 18.0 Å². The normalized spacial score (nSPS) is 15.8. The van der Waals surface area contributed by atoms with Gasteiger partial charge >= 0.3 is 18.0 Å². The van der Waals surface area contributed by atoms with E-state index in [-0.39, 0.29) is 37.5 Å². The number of urea groups is 1. The van der Waals surface area contributed by atoms with Crippen molar-refractivity contribution in [2.75, 3.05) is 26.4 Å². The van der Waals surface area contributed by atoms with Crippen LogP contribution in [0.1, 0.15) is 27.2 Å². The van der Waals surface area contributed by atoms with E-state index in [0.717, 1.165) is 5.75 Å². The molecule has 0 bridgehead atoms. The number of carbonyl (C=O) groups is 3. The van der Waals surface area contributed by atoms with E-state index in [9.17, 15) is 14.4 Å². The minimum absolute atomic E-state index is 0.0109. The van der Waals surface area contributed by atoms with Crippen LogP contribution in [0.4, 0.5) is 4.79 Å². The molecule has 0 saturated heterocycles. The second kappa shape index (κ2) is 10.9. The summed E-state index contributed by atoms with van der Waals surface area (Å²) in [7, 11) is 0. The zero-order valence-electron chi connectivity index (χ0n) is 16.8. The lowest BCUT2D eigenvalue weighted by Crippen LogP contribution is -2.50. The van der Waals surface area contributed by atoms with Crippen LogP contribution in [0.5, 0.6) is 11.5 Å². The topological polar surface area (TPSA) is 112 Å². The number of hydrogen-bond acceptors (Lipinski definition) is 7. The number of nitrogens with one attached hydrogen (secondary N) is 2. The minimum Gasteiger partial charge on any atom is -0.494 e. The standard InChI is InChI=1S/C20H26N2O7/c1-4-26-14-6-8-15(9-7-14)28-11-10-17(23)29-12-16-18(19(24)27-5-2)13(3)21-20(25)22-16/h6-9,13H,4-5,10-12H2,1-3H3,(H2,21,22,25)/t13-/m0/s1. The fourth-order valence-corrected chi connectivity index (χ4v) is 2.67. The Balaban J connectivity index is 1.85. The van der Waals surface area contributed by atoms with E-state index in [4.69, 9.17) is 18.9 Å². The number of hydrogen-bond donors (Lipinski definition) is 2. The van der Waals surface area contributed by atoms with Gasteiger partial charge in [-0.1, -0.05) is 0 Å². The van der Waals surface area contributed by atoms with Gasteiger partial charge in [0.1, 0.15) is 18.1 Å². The highest BCUT2D eigenvalue weighted by molar-refractivity contribution is 5.94. The fourth-order valence-electron chi connectivity index (χ4n) is 2.67. The van der Waals surface area contributed by atoms with E-state index in [0.29, 0.717) is 12.4 Å². The number of amides is 2. The molecule has 0 fully saturated rings. The first-order chi connectivity index (χ1) is 13.9. The van der Waals surface area contributed by atoms with Crippen molar-refractivity contribution in [3.05, 3.63) is 35.5 Å². The maximum atomic E-state index is 12.1. The fraction of sp³-hybridized carbons (Fsp3) is 0.450. The average Bonchev–Trinajstić information content (AvgIpc) is 2.67. The zero-order chi connectivity index (χ0) is 21.2. The lowest BCUT2D eigenvalue weighted by atomic mass is 10.0. The summed E-state index contributed by atoms with van der Waals surface area (Å²) < 4.78 is 21.0. The monoisotopic (exact) mass is 406 g/mol.